The summed E-state index contributed by atoms with van der Waals surface area (Å²) in [5, 5.41) is 5.33. The molecule has 0 aliphatic rings. The minimum atomic E-state index is -0.0691. The van der Waals surface area contributed by atoms with Gasteiger partial charge in [0.1, 0.15) is 0 Å². The fraction of sp³-hybridized carbons (Fsp3) is 0.846. The van der Waals surface area contributed by atoms with Gasteiger partial charge in [-0.2, -0.15) is 0 Å². The SMILES string of the molecule is CC.CCCOCCC(=O)NCCC(=O)NCC.[HH]. The number of carbonyl (C=O) groups is 2. The molecule has 2 N–H and O–H groups in total. The predicted molar refractivity (Wildman–Crippen MR) is 75.5 cm³/mol. The molecule has 0 atom stereocenters. The first kappa shape index (κ1) is 19.2. The number of amides is 2. The minimum Gasteiger partial charge on any atom is -0.381 e. The van der Waals surface area contributed by atoms with Crippen molar-refractivity contribution in [2.75, 3.05) is 26.3 Å². The molecule has 0 unspecified atom stereocenters. The lowest BCUT2D eigenvalue weighted by Crippen LogP contribution is -2.31. The Morgan fingerprint density at radius 2 is 1.61 bits per heavy atom. The summed E-state index contributed by atoms with van der Waals surface area (Å²) in [6, 6.07) is 0. The molecule has 5 nitrogen and oxygen atoms in total. The highest BCUT2D eigenvalue weighted by molar-refractivity contribution is 5.78. The van der Waals surface area contributed by atoms with Crippen LogP contribution in [0.5, 0.6) is 0 Å². The summed E-state index contributed by atoms with van der Waals surface area (Å²) in [7, 11) is 0. The van der Waals surface area contributed by atoms with E-state index in [0.717, 1.165) is 6.42 Å². The van der Waals surface area contributed by atoms with Gasteiger partial charge >= 0.3 is 0 Å². The molecule has 0 saturated heterocycles. The second kappa shape index (κ2) is 15.9. The van der Waals surface area contributed by atoms with Gasteiger partial charge in [0.2, 0.25) is 11.8 Å². The molecule has 0 aliphatic heterocycles. The summed E-state index contributed by atoms with van der Waals surface area (Å²) in [4.78, 5) is 22.3. The number of hydrogen-bond acceptors (Lipinski definition) is 3. The molecule has 0 aromatic heterocycles. The molecule has 5 heteroatoms. The van der Waals surface area contributed by atoms with Gasteiger partial charge in [-0.15, -0.1) is 0 Å². The van der Waals surface area contributed by atoms with Gasteiger partial charge in [0, 0.05) is 34.0 Å². The van der Waals surface area contributed by atoms with E-state index in [4.69, 9.17) is 4.74 Å². The summed E-state index contributed by atoms with van der Waals surface area (Å²) in [5.41, 5.74) is 0. The maximum atomic E-state index is 11.2. The highest BCUT2D eigenvalue weighted by Crippen LogP contribution is 1.86. The Labute approximate surface area is 112 Å². The van der Waals surface area contributed by atoms with Gasteiger partial charge in [0.05, 0.1) is 6.61 Å². The van der Waals surface area contributed by atoms with Crippen molar-refractivity contribution in [1.82, 2.24) is 10.6 Å². The van der Waals surface area contributed by atoms with Crippen LogP contribution in [0.4, 0.5) is 0 Å². The summed E-state index contributed by atoms with van der Waals surface area (Å²) in [6.45, 7) is 10.0. The fourth-order valence-corrected chi connectivity index (χ4v) is 1.10. The number of hydrogen-bond donors (Lipinski definition) is 2. The largest absolute Gasteiger partial charge is 0.381 e. The van der Waals surface area contributed by atoms with E-state index in [1.165, 1.54) is 0 Å². The van der Waals surface area contributed by atoms with Crippen LogP contribution in [0.15, 0.2) is 0 Å². The lowest BCUT2D eigenvalue weighted by Gasteiger charge is -2.05. The first-order valence-corrected chi connectivity index (χ1v) is 6.81. The normalized spacial score (nSPS) is 9.11. The third-order valence-corrected chi connectivity index (χ3v) is 1.87. The van der Waals surface area contributed by atoms with Gasteiger partial charge in [-0.05, 0) is 13.3 Å². The van der Waals surface area contributed by atoms with E-state index < -0.39 is 0 Å². The molecule has 110 valence electrons. The van der Waals surface area contributed by atoms with Gasteiger partial charge in [-0.3, -0.25) is 9.59 Å². The van der Waals surface area contributed by atoms with Crippen molar-refractivity contribution < 1.29 is 15.8 Å². The van der Waals surface area contributed by atoms with Crippen LogP contribution in [-0.2, 0) is 14.3 Å². The van der Waals surface area contributed by atoms with Crippen molar-refractivity contribution in [2.45, 2.75) is 47.0 Å². The zero-order valence-electron chi connectivity index (χ0n) is 12.2. The van der Waals surface area contributed by atoms with Crippen LogP contribution >= 0.6 is 0 Å². The smallest absolute Gasteiger partial charge is 0.222 e. The molecule has 0 aliphatic carbocycles. The van der Waals surface area contributed by atoms with E-state index in [0.29, 0.717) is 39.1 Å². The average molecular weight is 262 g/mol. The van der Waals surface area contributed by atoms with Gasteiger partial charge < -0.3 is 15.4 Å². The quantitative estimate of drug-likeness (QED) is 0.622. The minimum absolute atomic E-state index is 0. The van der Waals surface area contributed by atoms with E-state index in [1.54, 1.807) is 0 Å². The maximum Gasteiger partial charge on any atom is 0.222 e. The Balaban J connectivity index is -0.000000809. The van der Waals surface area contributed by atoms with E-state index in [1.807, 2.05) is 27.7 Å². The van der Waals surface area contributed by atoms with Gasteiger partial charge in [0.15, 0.2) is 0 Å². The molecule has 0 aromatic carbocycles. The van der Waals surface area contributed by atoms with Crippen molar-refractivity contribution in [2.24, 2.45) is 0 Å². The second-order valence-electron chi connectivity index (χ2n) is 3.42. The number of ether oxygens (including phenoxy) is 1. The molecule has 0 rings (SSSR count). The standard InChI is InChI=1S/C11H22N2O3.C2H6.H2/c1-3-8-16-9-6-11(15)13-7-5-10(14)12-4-2;1-2;/h3-9H2,1-2H3,(H,12,14)(H,13,15);1-2H3;1H. The van der Waals surface area contributed by atoms with Crippen LogP contribution in [-0.4, -0.2) is 38.1 Å². The Kier molecular flexibility index (Phi) is 17.0. The van der Waals surface area contributed by atoms with E-state index >= 15 is 0 Å². The Bertz CT molecular complexity index is 214. The van der Waals surface area contributed by atoms with E-state index in [-0.39, 0.29) is 13.2 Å². The molecule has 0 spiro atoms. The fourth-order valence-electron chi connectivity index (χ4n) is 1.10. The Hall–Kier alpha value is -1.10. The first-order valence-electron chi connectivity index (χ1n) is 6.81. The molecule has 18 heavy (non-hydrogen) atoms. The summed E-state index contributed by atoms with van der Waals surface area (Å²) < 4.78 is 5.18. The summed E-state index contributed by atoms with van der Waals surface area (Å²) >= 11 is 0. The van der Waals surface area contributed by atoms with Crippen LogP contribution in [0.1, 0.15) is 48.4 Å². The summed E-state index contributed by atoms with van der Waals surface area (Å²) in [5.74, 6) is -0.106. The molecule has 0 saturated carbocycles. The predicted octanol–water partition coefficient (Wildman–Crippen LogP) is 1.72. The molecule has 0 heterocycles. The van der Waals surface area contributed by atoms with Crippen molar-refractivity contribution in [3.8, 4) is 0 Å². The molecule has 0 radical (unpaired) electrons. The average Bonchev–Trinajstić information content (AvgIpc) is 2.37. The number of carbonyl (C=O) groups excluding carboxylic acids is 2. The van der Waals surface area contributed by atoms with Crippen molar-refractivity contribution in [3.63, 3.8) is 0 Å². The lowest BCUT2D eigenvalue weighted by atomic mass is 10.3. The van der Waals surface area contributed by atoms with E-state index in [2.05, 4.69) is 10.6 Å². The highest BCUT2D eigenvalue weighted by Gasteiger charge is 2.02. The van der Waals surface area contributed by atoms with Crippen LogP contribution in [0.2, 0.25) is 0 Å². The first-order chi connectivity index (χ1) is 8.70. The molecular weight excluding hydrogens is 232 g/mol. The third-order valence-electron chi connectivity index (χ3n) is 1.87. The number of nitrogens with one attached hydrogen (secondary N) is 2. The lowest BCUT2D eigenvalue weighted by molar-refractivity contribution is -0.122. The zero-order chi connectivity index (χ0) is 14.2. The Morgan fingerprint density at radius 3 is 2.17 bits per heavy atom. The van der Waals surface area contributed by atoms with Crippen LogP contribution in [0.3, 0.4) is 0 Å². The molecule has 0 fully saturated rings. The molecule has 0 bridgehead atoms. The van der Waals surface area contributed by atoms with Gasteiger partial charge in [-0.25, -0.2) is 0 Å². The van der Waals surface area contributed by atoms with Gasteiger partial charge in [0.25, 0.3) is 0 Å². The zero-order valence-corrected chi connectivity index (χ0v) is 12.2. The van der Waals surface area contributed by atoms with E-state index in [9.17, 15) is 9.59 Å². The second-order valence-corrected chi connectivity index (χ2v) is 3.42. The highest BCUT2D eigenvalue weighted by atomic mass is 16.5. The van der Waals surface area contributed by atoms with Crippen LogP contribution in [0.25, 0.3) is 0 Å². The molecular formula is C13H30N2O3. The van der Waals surface area contributed by atoms with Gasteiger partial charge in [-0.1, -0.05) is 20.8 Å². The van der Waals surface area contributed by atoms with Crippen LogP contribution in [0, 0.1) is 0 Å². The van der Waals surface area contributed by atoms with Crippen molar-refractivity contribution >= 4 is 11.8 Å². The summed E-state index contributed by atoms with van der Waals surface area (Å²) in [6.07, 6.45) is 1.64. The molecule has 2 amide bonds. The van der Waals surface area contributed by atoms with Crippen molar-refractivity contribution in [1.29, 1.82) is 0 Å². The van der Waals surface area contributed by atoms with Crippen LogP contribution < -0.4 is 10.6 Å². The topological polar surface area (TPSA) is 67.4 Å². The maximum absolute atomic E-state index is 11.2. The Morgan fingerprint density at radius 1 is 1.00 bits per heavy atom. The number of rotatable bonds is 9. The molecule has 0 aromatic rings. The third kappa shape index (κ3) is 14.9. The monoisotopic (exact) mass is 262 g/mol. The van der Waals surface area contributed by atoms with Crippen molar-refractivity contribution in [3.05, 3.63) is 0 Å².